The average molecular weight is 209 g/mol. The summed E-state index contributed by atoms with van der Waals surface area (Å²) in [7, 11) is 0. The Balaban J connectivity index is 2.49. The van der Waals surface area contributed by atoms with Crippen molar-refractivity contribution >= 4 is 11.6 Å². The molecule has 0 unspecified atom stereocenters. The molecule has 14 heavy (non-hydrogen) atoms. The molecule has 0 aromatic carbocycles. The molecule has 0 N–H and O–H groups in total. The molecule has 0 amide bonds. The Hall–Kier alpha value is -1.48. The predicted octanol–water partition coefficient (Wildman–Crippen LogP) is 2.94. The van der Waals surface area contributed by atoms with E-state index < -0.39 is 0 Å². The van der Waals surface area contributed by atoms with E-state index in [-0.39, 0.29) is 5.82 Å². The Morgan fingerprint density at radius 3 is 2.79 bits per heavy atom. The Kier molecular flexibility index (Phi) is 2.41. The molecule has 0 atom stereocenters. The van der Waals surface area contributed by atoms with Crippen LogP contribution in [0.3, 0.4) is 0 Å². The molecule has 0 aliphatic rings. The number of hydrogen-bond donors (Lipinski definition) is 0. The Morgan fingerprint density at radius 2 is 2.07 bits per heavy atom. The third kappa shape index (κ3) is 1.88. The summed E-state index contributed by atoms with van der Waals surface area (Å²) in [4.78, 5) is 7.79. The molecule has 70 valence electrons. The lowest BCUT2D eigenvalue weighted by molar-refractivity contribution is 0.622. The van der Waals surface area contributed by atoms with Gasteiger partial charge in [-0.05, 0) is 18.2 Å². The summed E-state index contributed by atoms with van der Waals surface area (Å²) in [6, 6.07) is 4.70. The number of rotatable bonds is 1. The first-order chi connectivity index (χ1) is 6.75. The summed E-state index contributed by atoms with van der Waals surface area (Å²) in [5, 5.41) is 0.569. The molecule has 0 radical (unpaired) electrons. The van der Waals surface area contributed by atoms with Crippen molar-refractivity contribution in [3.8, 4) is 11.3 Å². The quantitative estimate of drug-likeness (QED) is 0.720. The van der Waals surface area contributed by atoms with Gasteiger partial charge in [0.25, 0.3) is 0 Å². The fourth-order valence-electron chi connectivity index (χ4n) is 1.11. The maximum absolute atomic E-state index is 12.8. The maximum atomic E-state index is 12.8. The lowest BCUT2D eigenvalue weighted by Crippen LogP contribution is -1.85. The van der Waals surface area contributed by atoms with Gasteiger partial charge in [0.05, 0.1) is 11.9 Å². The van der Waals surface area contributed by atoms with Gasteiger partial charge in [-0.3, -0.25) is 9.97 Å². The third-order valence-electron chi connectivity index (χ3n) is 1.72. The van der Waals surface area contributed by atoms with Crippen molar-refractivity contribution < 1.29 is 4.39 Å². The Bertz CT molecular complexity index is 416. The fourth-order valence-corrected chi connectivity index (χ4v) is 1.27. The lowest BCUT2D eigenvalue weighted by atomic mass is 10.2. The van der Waals surface area contributed by atoms with Crippen molar-refractivity contribution in [1.29, 1.82) is 0 Å². The molecule has 2 aromatic heterocycles. The summed E-state index contributed by atoms with van der Waals surface area (Å²) >= 11 is 5.78. The molecule has 0 aliphatic heterocycles. The summed E-state index contributed by atoms with van der Waals surface area (Å²) < 4.78 is 12.8. The van der Waals surface area contributed by atoms with Gasteiger partial charge in [0.2, 0.25) is 0 Å². The molecular weight excluding hydrogens is 203 g/mol. The molecule has 0 saturated heterocycles. The summed E-state index contributed by atoms with van der Waals surface area (Å²) in [6.07, 6.45) is 4.26. The highest BCUT2D eigenvalue weighted by atomic mass is 35.5. The van der Waals surface area contributed by atoms with Gasteiger partial charge in [0.1, 0.15) is 5.82 Å². The maximum Gasteiger partial charge on any atom is 0.142 e. The zero-order valence-electron chi connectivity index (χ0n) is 7.11. The van der Waals surface area contributed by atoms with Crippen LogP contribution in [0.15, 0.2) is 36.8 Å². The van der Waals surface area contributed by atoms with Crippen LogP contribution in [-0.2, 0) is 0 Å². The van der Waals surface area contributed by atoms with Crippen molar-refractivity contribution in [2.45, 2.75) is 0 Å². The Labute approximate surface area is 85.4 Å². The highest BCUT2D eigenvalue weighted by molar-refractivity contribution is 6.30. The van der Waals surface area contributed by atoms with Crippen molar-refractivity contribution in [2.24, 2.45) is 0 Å². The second-order valence-electron chi connectivity index (χ2n) is 2.75. The minimum Gasteiger partial charge on any atom is -0.261 e. The molecule has 2 aromatic rings. The molecular formula is C10H6ClFN2. The molecule has 0 bridgehead atoms. The zero-order chi connectivity index (χ0) is 9.97. The third-order valence-corrected chi connectivity index (χ3v) is 1.96. The van der Waals surface area contributed by atoms with Gasteiger partial charge in [-0.15, -0.1) is 0 Å². The normalized spacial score (nSPS) is 10.1. The summed E-state index contributed by atoms with van der Waals surface area (Å²) in [5.74, 6) is -0.385. The van der Waals surface area contributed by atoms with E-state index in [9.17, 15) is 4.39 Å². The van der Waals surface area contributed by atoms with Crippen LogP contribution in [0.25, 0.3) is 11.3 Å². The Morgan fingerprint density at radius 1 is 1.21 bits per heavy atom. The lowest BCUT2D eigenvalue weighted by Gasteiger charge is -1.99. The molecule has 0 aliphatic carbocycles. The van der Waals surface area contributed by atoms with Crippen LogP contribution < -0.4 is 0 Å². The second-order valence-corrected chi connectivity index (χ2v) is 3.19. The van der Waals surface area contributed by atoms with Crippen LogP contribution in [0.1, 0.15) is 0 Å². The van der Waals surface area contributed by atoms with E-state index in [0.717, 1.165) is 6.20 Å². The molecule has 0 saturated carbocycles. The van der Waals surface area contributed by atoms with Gasteiger partial charge in [0.15, 0.2) is 0 Å². The molecule has 2 heterocycles. The number of nitrogens with zero attached hydrogens (tertiary/aromatic N) is 2. The highest BCUT2D eigenvalue weighted by Crippen LogP contribution is 2.19. The van der Waals surface area contributed by atoms with E-state index in [1.165, 1.54) is 6.07 Å². The van der Waals surface area contributed by atoms with E-state index in [1.54, 1.807) is 24.5 Å². The van der Waals surface area contributed by atoms with Crippen molar-refractivity contribution in [3.63, 3.8) is 0 Å². The summed E-state index contributed by atoms with van der Waals surface area (Å²) in [5.41, 5.74) is 1.23. The molecule has 0 spiro atoms. The summed E-state index contributed by atoms with van der Waals surface area (Å²) in [6.45, 7) is 0. The van der Waals surface area contributed by atoms with Crippen LogP contribution in [0.2, 0.25) is 5.02 Å². The van der Waals surface area contributed by atoms with Gasteiger partial charge < -0.3 is 0 Å². The molecule has 2 rings (SSSR count). The predicted molar refractivity (Wildman–Crippen MR) is 52.4 cm³/mol. The second kappa shape index (κ2) is 3.72. The van der Waals surface area contributed by atoms with Crippen LogP contribution in [0.5, 0.6) is 0 Å². The van der Waals surface area contributed by atoms with Gasteiger partial charge in [-0.25, -0.2) is 4.39 Å². The van der Waals surface area contributed by atoms with Crippen LogP contribution >= 0.6 is 11.6 Å². The molecule has 0 fully saturated rings. The molecule has 4 heteroatoms. The monoisotopic (exact) mass is 208 g/mol. The van der Waals surface area contributed by atoms with E-state index in [4.69, 9.17) is 11.6 Å². The van der Waals surface area contributed by atoms with E-state index in [2.05, 4.69) is 9.97 Å². The first kappa shape index (κ1) is 9.09. The average Bonchev–Trinajstić information content (AvgIpc) is 2.18. The van der Waals surface area contributed by atoms with Crippen LogP contribution in [-0.4, -0.2) is 9.97 Å². The van der Waals surface area contributed by atoms with Crippen LogP contribution in [0.4, 0.5) is 4.39 Å². The van der Waals surface area contributed by atoms with Gasteiger partial charge in [0, 0.05) is 23.0 Å². The minimum atomic E-state index is -0.385. The van der Waals surface area contributed by atoms with E-state index in [0.29, 0.717) is 16.3 Å². The van der Waals surface area contributed by atoms with Crippen LogP contribution in [0, 0.1) is 5.82 Å². The zero-order valence-corrected chi connectivity index (χ0v) is 7.87. The minimum absolute atomic E-state index is 0.385. The van der Waals surface area contributed by atoms with E-state index in [1.807, 2.05) is 0 Å². The number of hydrogen-bond acceptors (Lipinski definition) is 2. The SMILES string of the molecule is Fc1cncc(-c2cc(Cl)ccn2)c1. The van der Waals surface area contributed by atoms with Gasteiger partial charge >= 0.3 is 0 Å². The van der Waals surface area contributed by atoms with Gasteiger partial charge in [-0.1, -0.05) is 11.6 Å². The van der Waals surface area contributed by atoms with E-state index >= 15 is 0 Å². The standard InChI is InChI=1S/C10H6ClFN2/c11-8-1-2-14-10(4-8)7-3-9(12)6-13-5-7/h1-6H. The van der Waals surface area contributed by atoms with Crippen molar-refractivity contribution in [2.75, 3.05) is 0 Å². The number of pyridine rings is 2. The largest absolute Gasteiger partial charge is 0.261 e. The topological polar surface area (TPSA) is 25.8 Å². The number of aromatic nitrogens is 2. The first-order valence-corrected chi connectivity index (χ1v) is 4.36. The first-order valence-electron chi connectivity index (χ1n) is 3.98. The van der Waals surface area contributed by atoms with Gasteiger partial charge in [-0.2, -0.15) is 0 Å². The highest BCUT2D eigenvalue weighted by Gasteiger charge is 2.01. The molecule has 2 nitrogen and oxygen atoms in total. The number of halogens is 2. The van der Waals surface area contributed by atoms with Crippen molar-refractivity contribution in [3.05, 3.63) is 47.6 Å². The fraction of sp³-hybridized carbons (Fsp3) is 0. The van der Waals surface area contributed by atoms with Crippen molar-refractivity contribution in [1.82, 2.24) is 9.97 Å². The smallest absolute Gasteiger partial charge is 0.142 e.